The Balaban J connectivity index is 2.27. The van der Waals surface area contributed by atoms with Crippen molar-refractivity contribution < 1.29 is 5.11 Å². The highest BCUT2D eigenvalue weighted by molar-refractivity contribution is 5.33. The van der Waals surface area contributed by atoms with E-state index in [1.807, 2.05) is 19.2 Å². The standard InChI is InChI=1S/C10H14N2O/c1-12-9(6-13)5-7-4-8(11)2-3-10(7)12/h2-5,7,10,13H,6,11H2,1H3. The van der Waals surface area contributed by atoms with Gasteiger partial charge in [0.2, 0.25) is 0 Å². The third kappa shape index (κ3) is 1.25. The van der Waals surface area contributed by atoms with Crippen LogP contribution in [0.3, 0.4) is 0 Å². The van der Waals surface area contributed by atoms with Crippen LogP contribution in [0.15, 0.2) is 35.7 Å². The summed E-state index contributed by atoms with van der Waals surface area (Å²) in [5.74, 6) is 0.331. The van der Waals surface area contributed by atoms with Gasteiger partial charge in [0.05, 0.1) is 12.6 Å². The van der Waals surface area contributed by atoms with Crippen LogP contribution in [-0.4, -0.2) is 29.7 Å². The Bertz CT molecular complexity index is 304. The molecule has 1 aliphatic heterocycles. The lowest BCUT2D eigenvalue weighted by Gasteiger charge is -2.26. The van der Waals surface area contributed by atoms with Gasteiger partial charge in [0.1, 0.15) is 0 Å². The van der Waals surface area contributed by atoms with Crippen LogP contribution in [0.4, 0.5) is 0 Å². The molecule has 1 aliphatic carbocycles. The predicted octanol–water partition coefficient (Wildman–Crippen LogP) is 0.205. The Morgan fingerprint density at radius 3 is 3.00 bits per heavy atom. The lowest BCUT2D eigenvalue weighted by atomic mass is 9.96. The molecule has 0 saturated carbocycles. The van der Waals surface area contributed by atoms with Crippen molar-refractivity contribution in [1.82, 2.24) is 4.90 Å². The van der Waals surface area contributed by atoms with E-state index in [-0.39, 0.29) is 6.61 Å². The van der Waals surface area contributed by atoms with Crippen molar-refractivity contribution in [2.45, 2.75) is 6.04 Å². The van der Waals surface area contributed by atoms with E-state index >= 15 is 0 Å². The topological polar surface area (TPSA) is 49.5 Å². The first-order chi connectivity index (χ1) is 6.22. The lowest BCUT2D eigenvalue weighted by Crippen LogP contribution is -2.30. The van der Waals surface area contributed by atoms with E-state index in [0.29, 0.717) is 12.0 Å². The zero-order valence-electron chi connectivity index (χ0n) is 7.64. The maximum absolute atomic E-state index is 9.06. The first kappa shape index (κ1) is 8.38. The van der Waals surface area contributed by atoms with Crippen LogP contribution in [0.25, 0.3) is 0 Å². The van der Waals surface area contributed by atoms with E-state index in [4.69, 9.17) is 10.8 Å². The maximum atomic E-state index is 9.06. The van der Waals surface area contributed by atoms with Crippen molar-refractivity contribution in [2.24, 2.45) is 11.7 Å². The fourth-order valence-electron chi connectivity index (χ4n) is 1.94. The van der Waals surface area contributed by atoms with Crippen LogP contribution < -0.4 is 5.73 Å². The highest BCUT2D eigenvalue weighted by Crippen LogP contribution is 2.30. The number of allylic oxidation sites excluding steroid dienone is 1. The third-order valence-corrected chi connectivity index (χ3v) is 2.71. The molecule has 0 radical (unpaired) electrons. The van der Waals surface area contributed by atoms with Gasteiger partial charge >= 0.3 is 0 Å². The van der Waals surface area contributed by atoms with Crippen LogP contribution in [0.1, 0.15) is 0 Å². The summed E-state index contributed by atoms with van der Waals surface area (Å²) in [5.41, 5.74) is 7.47. The molecule has 2 aliphatic rings. The number of likely N-dealkylation sites (N-methyl/N-ethyl adjacent to an activating group) is 1. The van der Waals surface area contributed by atoms with Gasteiger partial charge in [0.15, 0.2) is 0 Å². The van der Waals surface area contributed by atoms with Gasteiger partial charge in [-0.1, -0.05) is 18.2 Å². The maximum Gasteiger partial charge on any atom is 0.0826 e. The fourth-order valence-corrected chi connectivity index (χ4v) is 1.94. The normalized spacial score (nSPS) is 31.4. The van der Waals surface area contributed by atoms with Gasteiger partial charge < -0.3 is 15.7 Å². The molecular weight excluding hydrogens is 164 g/mol. The fraction of sp³-hybridized carbons (Fsp3) is 0.400. The number of fused-ring (bicyclic) bond motifs is 1. The quantitative estimate of drug-likeness (QED) is 0.603. The van der Waals surface area contributed by atoms with Gasteiger partial charge in [-0.05, 0) is 6.08 Å². The molecule has 0 amide bonds. The Morgan fingerprint density at radius 2 is 2.31 bits per heavy atom. The van der Waals surface area contributed by atoms with Crippen LogP contribution in [-0.2, 0) is 0 Å². The molecule has 70 valence electrons. The van der Waals surface area contributed by atoms with Gasteiger partial charge in [0.25, 0.3) is 0 Å². The summed E-state index contributed by atoms with van der Waals surface area (Å²) in [7, 11) is 1.99. The SMILES string of the molecule is CN1C(CO)=CC2C=C(N)C=CC21. The minimum atomic E-state index is 0.102. The van der Waals surface area contributed by atoms with Crippen LogP contribution >= 0.6 is 0 Å². The zero-order chi connectivity index (χ0) is 9.42. The highest BCUT2D eigenvalue weighted by Gasteiger charge is 2.29. The van der Waals surface area contributed by atoms with E-state index in [9.17, 15) is 0 Å². The first-order valence-electron chi connectivity index (χ1n) is 4.42. The summed E-state index contributed by atoms with van der Waals surface area (Å²) in [4.78, 5) is 2.09. The Morgan fingerprint density at radius 1 is 1.54 bits per heavy atom. The molecule has 0 fully saturated rings. The number of hydrogen-bond acceptors (Lipinski definition) is 3. The molecule has 1 heterocycles. The van der Waals surface area contributed by atoms with Crippen molar-refractivity contribution in [3.8, 4) is 0 Å². The van der Waals surface area contributed by atoms with Crippen molar-refractivity contribution in [3.05, 3.63) is 35.7 Å². The number of hydrogen-bond donors (Lipinski definition) is 2. The molecule has 3 heteroatoms. The van der Waals surface area contributed by atoms with Crippen LogP contribution in [0.2, 0.25) is 0 Å². The molecule has 0 saturated heterocycles. The van der Waals surface area contributed by atoms with Crippen molar-refractivity contribution in [2.75, 3.05) is 13.7 Å². The second-order valence-corrected chi connectivity index (χ2v) is 3.52. The summed E-state index contributed by atoms with van der Waals surface area (Å²) in [6.07, 6.45) is 8.11. The average molecular weight is 178 g/mol. The van der Waals surface area contributed by atoms with E-state index < -0.39 is 0 Å². The number of nitrogens with zero attached hydrogens (tertiary/aromatic N) is 1. The predicted molar refractivity (Wildman–Crippen MR) is 51.6 cm³/mol. The Hall–Kier alpha value is -1.22. The number of aliphatic hydroxyl groups is 1. The molecule has 0 aromatic heterocycles. The molecule has 13 heavy (non-hydrogen) atoms. The molecule has 0 spiro atoms. The van der Waals surface area contributed by atoms with E-state index in [1.54, 1.807) is 0 Å². The van der Waals surface area contributed by atoms with Crippen molar-refractivity contribution >= 4 is 0 Å². The van der Waals surface area contributed by atoms with Gasteiger partial charge in [-0.25, -0.2) is 0 Å². The minimum Gasteiger partial charge on any atom is -0.399 e. The first-order valence-corrected chi connectivity index (χ1v) is 4.42. The van der Waals surface area contributed by atoms with E-state index in [1.165, 1.54) is 0 Å². The monoisotopic (exact) mass is 178 g/mol. The molecule has 2 rings (SSSR count). The summed E-state index contributed by atoms with van der Waals surface area (Å²) in [6.45, 7) is 0.102. The van der Waals surface area contributed by atoms with Crippen molar-refractivity contribution in [1.29, 1.82) is 0 Å². The second kappa shape index (κ2) is 2.92. The van der Waals surface area contributed by atoms with Crippen LogP contribution in [0.5, 0.6) is 0 Å². The van der Waals surface area contributed by atoms with Gasteiger partial charge in [-0.15, -0.1) is 0 Å². The lowest BCUT2D eigenvalue weighted by molar-refractivity contribution is 0.264. The minimum absolute atomic E-state index is 0.102. The Labute approximate surface area is 77.8 Å². The molecular formula is C10H14N2O. The van der Waals surface area contributed by atoms with E-state index in [2.05, 4.69) is 17.1 Å². The number of nitrogens with two attached hydrogens (primary N) is 1. The van der Waals surface area contributed by atoms with Crippen molar-refractivity contribution in [3.63, 3.8) is 0 Å². The number of aliphatic hydroxyl groups excluding tert-OH is 1. The van der Waals surface area contributed by atoms with Gasteiger partial charge in [0, 0.05) is 24.4 Å². The third-order valence-electron chi connectivity index (χ3n) is 2.71. The summed E-state index contributed by atoms with van der Waals surface area (Å²) >= 11 is 0. The molecule has 0 aromatic carbocycles. The molecule has 0 bridgehead atoms. The van der Waals surface area contributed by atoms with E-state index in [0.717, 1.165) is 11.4 Å². The van der Waals surface area contributed by atoms with Gasteiger partial charge in [-0.2, -0.15) is 0 Å². The smallest absolute Gasteiger partial charge is 0.0826 e. The largest absolute Gasteiger partial charge is 0.399 e. The molecule has 2 unspecified atom stereocenters. The summed E-state index contributed by atoms with van der Waals surface area (Å²) in [6, 6.07) is 0.342. The molecule has 0 aromatic rings. The van der Waals surface area contributed by atoms with Gasteiger partial charge in [-0.3, -0.25) is 0 Å². The second-order valence-electron chi connectivity index (χ2n) is 3.52. The molecule has 3 N–H and O–H groups in total. The molecule has 2 atom stereocenters. The molecule has 3 nitrogen and oxygen atoms in total. The summed E-state index contributed by atoms with van der Waals surface area (Å²) in [5, 5.41) is 9.06. The van der Waals surface area contributed by atoms with Crippen LogP contribution in [0, 0.1) is 5.92 Å². The number of rotatable bonds is 1. The average Bonchev–Trinajstić information content (AvgIpc) is 2.42. The summed E-state index contributed by atoms with van der Waals surface area (Å²) < 4.78 is 0. The zero-order valence-corrected chi connectivity index (χ0v) is 7.64. The highest BCUT2D eigenvalue weighted by atomic mass is 16.3. The Kier molecular flexibility index (Phi) is 1.88.